The van der Waals surface area contributed by atoms with Crippen LogP contribution in [0.15, 0.2) is 41.8 Å². The Hall–Kier alpha value is -1.79. The van der Waals surface area contributed by atoms with E-state index >= 15 is 0 Å². The molecular formula is C19H25N3O2S. The van der Waals surface area contributed by atoms with Gasteiger partial charge < -0.3 is 10.4 Å². The molecular weight excluding hydrogens is 334 g/mol. The van der Waals surface area contributed by atoms with E-state index in [0.29, 0.717) is 5.56 Å². The molecule has 1 aliphatic rings. The van der Waals surface area contributed by atoms with Crippen molar-refractivity contribution in [3.63, 3.8) is 0 Å². The molecule has 1 aromatic heterocycles. The third-order valence-corrected chi connectivity index (χ3v) is 5.75. The van der Waals surface area contributed by atoms with E-state index in [9.17, 15) is 9.90 Å². The molecule has 2 aromatic rings. The highest BCUT2D eigenvalue weighted by Crippen LogP contribution is 2.31. The molecule has 5 nitrogen and oxygen atoms in total. The highest BCUT2D eigenvalue weighted by molar-refractivity contribution is 7.98. The number of hydrogen-bond acceptors (Lipinski definition) is 4. The molecule has 6 heteroatoms. The number of carbonyl (C=O) groups is 1. The lowest BCUT2D eigenvalue weighted by atomic mass is 9.80. The zero-order valence-electron chi connectivity index (χ0n) is 14.7. The van der Waals surface area contributed by atoms with Crippen LogP contribution in [0.4, 0.5) is 0 Å². The summed E-state index contributed by atoms with van der Waals surface area (Å²) in [4.78, 5) is 16.9. The smallest absolute Gasteiger partial charge is 0.251 e. The number of nitrogens with zero attached hydrogens (tertiary/aromatic N) is 2. The van der Waals surface area contributed by atoms with Gasteiger partial charge >= 0.3 is 0 Å². The molecule has 0 bridgehead atoms. The van der Waals surface area contributed by atoms with E-state index in [1.807, 2.05) is 48.2 Å². The van der Waals surface area contributed by atoms with Gasteiger partial charge in [-0.2, -0.15) is 0 Å². The highest BCUT2D eigenvalue weighted by atomic mass is 32.2. The third kappa shape index (κ3) is 4.07. The number of benzene rings is 1. The average molecular weight is 359 g/mol. The predicted octanol–water partition coefficient (Wildman–Crippen LogP) is 3.41. The molecule has 2 N–H and O–H groups in total. The molecule has 0 saturated heterocycles. The Morgan fingerprint density at radius 1 is 1.44 bits per heavy atom. The average Bonchev–Trinajstić information content (AvgIpc) is 3.13. The molecule has 0 spiro atoms. The highest BCUT2D eigenvalue weighted by Gasteiger charge is 2.32. The van der Waals surface area contributed by atoms with Crippen LogP contribution < -0.4 is 5.32 Å². The molecule has 25 heavy (non-hydrogen) atoms. The van der Waals surface area contributed by atoms with Crippen LogP contribution in [0.2, 0.25) is 0 Å². The van der Waals surface area contributed by atoms with Crippen LogP contribution >= 0.6 is 11.8 Å². The Labute approximate surface area is 152 Å². The molecule has 1 amide bonds. The second-order valence-corrected chi connectivity index (χ2v) is 7.43. The minimum absolute atomic E-state index is 0.0559. The van der Waals surface area contributed by atoms with Gasteiger partial charge in [0.15, 0.2) is 5.16 Å². The van der Waals surface area contributed by atoms with Crippen molar-refractivity contribution in [3.05, 3.63) is 42.2 Å². The zero-order chi connectivity index (χ0) is 17.9. The van der Waals surface area contributed by atoms with E-state index in [-0.39, 0.29) is 11.9 Å². The first-order chi connectivity index (χ1) is 12.0. The van der Waals surface area contributed by atoms with Crippen molar-refractivity contribution in [2.75, 3.05) is 6.26 Å². The first kappa shape index (κ1) is 18.0. The van der Waals surface area contributed by atoms with Gasteiger partial charge in [0.05, 0.1) is 5.60 Å². The molecule has 1 saturated carbocycles. The fourth-order valence-electron chi connectivity index (χ4n) is 3.36. The Morgan fingerprint density at radius 2 is 2.20 bits per heavy atom. The van der Waals surface area contributed by atoms with E-state index in [0.717, 1.165) is 42.9 Å². The molecule has 134 valence electrons. The monoisotopic (exact) mass is 359 g/mol. The quantitative estimate of drug-likeness (QED) is 0.803. The van der Waals surface area contributed by atoms with Gasteiger partial charge in [-0.3, -0.25) is 9.36 Å². The first-order valence-electron chi connectivity index (χ1n) is 8.75. The molecule has 0 unspecified atom stereocenters. The van der Waals surface area contributed by atoms with E-state index in [1.165, 1.54) is 0 Å². The van der Waals surface area contributed by atoms with E-state index in [2.05, 4.69) is 10.3 Å². The van der Waals surface area contributed by atoms with Crippen LogP contribution in [0, 0.1) is 0 Å². The lowest BCUT2D eigenvalue weighted by Crippen LogP contribution is -2.43. The molecule has 1 aliphatic carbocycles. The minimum Gasteiger partial charge on any atom is -0.390 e. The summed E-state index contributed by atoms with van der Waals surface area (Å²) in [6.45, 7) is 2.02. The van der Waals surface area contributed by atoms with Crippen molar-refractivity contribution < 1.29 is 9.90 Å². The summed E-state index contributed by atoms with van der Waals surface area (Å²) in [5, 5.41) is 14.3. The lowest BCUT2D eigenvalue weighted by molar-refractivity contribution is -0.00652. The van der Waals surface area contributed by atoms with Gasteiger partial charge in [0.25, 0.3) is 5.91 Å². The fourth-order valence-corrected chi connectivity index (χ4v) is 3.89. The van der Waals surface area contributed by atoms with Crippen molar-refractivity contribution in [1.82, 2.24) is 14.9 Å². The summed E-state index contributed by atoms with van der Waals surface area (Å²) < 4.78 is 1.98. The topological polar surface area (TPSA) is 67.2 Å². The van der Waals surface area contributed by atoms with Crippen LogP contribution in [-0.4, -0.2) is 38.5 Å². The van der Waals surface area contributed by atoms with E-state index in [1.54, 1.807) is 18.0 Å². The van der Waals surface area contributed by atoms with E-state index < -0.39 is 5.60 Å². The van der Waals surface area contributed by atoms with Crippen LogP contribution in [0.1, 0.15) is 49.4 Å². The van der Waals surface area contributed by atoms with Crippen molar-refractivity contribution >= 4 is 17.7 Å². The van der Waals surface area contributed by atoms with Crippen LogP contribution in [0.3, 0.4) is 0 Å². The van der Waals surface area contributed by atoms with E-state index in [4.69, 9.17) is 0 Å². The number of carbonyl (C=O) groups excluding carboxylic acids is 1. The van der Waals surface area contributed by atoms with Crippen molar-refractivity contribution in [3.8, 4) is 5.69 Å². The first-order valence-corrected chi connectivity index (χ1v) is 9.98. The van der Waals surface area contributed by atoms with Crippen molar-refractivity contribution in [2.24, 2.45) is 0 Å². The Kier molecular flexibility index (Phi) is 5.49. The second kappa shape index (κ2) is 7.62. The number of imidazole rings is 1. The van der Waals surface area contributed by atoms with Gasteiger partial charge in [0, 0.05) is 29.7 Å². The maximum Gasteiger partial charge on any atom is 0.251 e. The molecule has 1 heterocycles. The number of rotatable bonds is 5. The largest absolute Gasteiger partial charge is 0.390 e. The predicted molar refractivity (Wildman–Crippen MR) is 100 cm³/mol. The summed E-state index contributed by atoms with van der Waals surface area (Å²) in [5.41, 5.74) is 1.03. The molecule has 0 aliphatic heterocycles. The Bertz CT molecular complexity index is 736. The molecule has 0 atom stereocenters. The standard InChI is InChI=1S/C19H25N3O2S/c1-3-19(24)9-7-15(8-10-19)21-17(23)14-5-4-6-16(13-14)22-12-11-20-18(22)25-2/h4-6,11-13,15,24H,3,7-10H2,1-2H3,(H,21,23). The molecule has 0 radical (unpaired) electrons. The van der Waals surface area contributed by atoms with Crippen LogP contribution in [-0.2, 0) is 0 Å². The van der Waals surface area contributed by atoms with Crippen LogP contribution in [0.25, 0.3) is 5.69 Å². The molecule has 3 rings (SSSR count). The number of hydrogen-bond donors (Lipinski definition) is 2. The maximum atomic E-state index is 12.6. The fraction of sp³-hybridized carbons (Fsp3) is 0.474. The number of aromatic nitrogens is 2. The zero-order valence-corrected chi connectivity index (χ0v) is 15.6. The number of nitrogens with one attached hydrogen (secondary N) is 1. The molecule has 1 fully saturated rings. The Balaban J connectivity index is 1.68. The SMILES string of the molecule is CCC1(O)CCC(NC(=O)c2cccc(-n3ccnc3SC)c2)CC1. The minimum atomic E-state index is -0.545. The Morgan fingerprint density at radius 3 is 2.88 bits per heavy atom. The summed E-state index contributed by atoms with van der Waals surface area (Å²) in [5.74, 6) is -0.0559. The number of amides is 1. The van der Waals surface area contributed by atoms with Crippen LogP contribution in [0.5, 0.6) is 0 Å². The van der Waals surface area contributed by atoms with Crippen molar-refractivity contribution in [2.45, 2.75) is 55.8 Å². The molecule has 1 aromatic carbocycles. The summed E-state index contributed by atoms with van der Waals surface area (Å²) >= 11 is 1.57. The summed E-state index contributed by atoms with van der Waals surface area (Å²) in [6, 6.07) is 7.73. The van der Waals surface area contributed by atoms with Gasteiger partial charge in [0.2, 0.25) is 0 Å². The van der Waals surface area contributed by atoms with Gasteiger partial charge in [-0.15, -0.1) is 0 Å². The maximum absolute atomic E-state index is 12.6. The normalized spacial score (nSPS) is 23.4. The number of aliphatic hydroxyl groups is 1. The van der Waals surface area contributed by atoms with Gasteiger partial charge in [-0.25, -0.2) is 4.98 Å². The lowest BCUT2D eigenvalue weighted by Gasteiger charge is -2.35. The van der Waals surface area contributed by atoms with Crippen molar-refractivity contribution in [1.29, 1.82) is 0 Å². The number of thioether (sulfide) groups is 1. The summed E-state index contributed by atoms with van der Waals surface area (Å²) in [6.07, 6.45) is 9.57. The van der Waals surface area contributed by atoms with Gasteiger partial charge in [0.1, 0.15) is 0 Å². The van der Waals surface area contributed by atoms with Gasteiger partial charge in [-0.05, 0) is 56.6 Å². The second-order valence-electron chi connectivity index (χ2n) is 6.66. The summed E-state index contributed by atoms with van der Waals surface area (Å²) in [7, 11) is 0. The van der Waals surface area contributed by atoms with Gasteiger partial charge in [-0.1, -0.05) is 24.8 Å². The third-order valence-electron chi connectivity index (χ3n) is 5.09.